The van der Waals surface area contributed by atoms with Crippen LogP contribution in [0, 0.1) is 0 Å². The molecular weight excluding hydrogens is 366 g/mol. The molecule has 1 aliphatic rings. The van der Waals surface area contributed by atoms with Gasteiger partial charge in [-0.15, -0.1) is 0 Å². The van der Waals surface area contributed by atoms with Crippen LogP contribution in [0.4, 0.5) is 11.4 Å². The van der Waals surface area contributed by atoms with Crippen molar-refractivity contribution in [2.75, 3.05) is 49.5 Å². The summed E-state index contributed by atoms with van der Waals surface area (Å²) < 4.78 is 5.68. The molecule has 0 radical (unpaired) electrons. The quantitative estimate of drug-likeness (QED) is 0.717. The fraction of sp³-hybridized carbons (Fsp3) is 0.435. The number of amides is 1. The fourth-order valence-corrected chi connectivity index (χ4v) is 3.51. The summed E-state index contributed by atoms with van der Waals surface area (Å²) in [6, 6.07) is 16.0. The molecule has 6 heteroatoms. The van der Waals surface area contributed by atoms with Crippen molar-refractivity contribution in [2.45, 2.75) is 26.4 Å². The molecule has 1 aliphatic heterocycles. The maximum atomic E-state index is 11.0. The lowest BCUT2D eigenvalue weighted by atomic mass is 10.1. The zero-order chi connectivity index (χ0) is 20.6. The van der Waals surface area contributed by atoms with Crippen molar-refractivity contribution < 1.29 is 14.6 Å². The number of rotatable bonds is 8. The number of ether oxygens (including phenoxy) is 1. The highest BCUT2D eigenvalue weighted by atomic mass is 16.5. The summed E-state index contributed by atoms with van der Waals surface area (Å²) in [4.78, 5) is 15.7. The Morgan fingerprint density at radius 2 is 1.72 bits per heavy atom. The molecule has 1 atom stereocenters. The van der Waals surface area contributed by atoms with Crippen molar-refractivity contribution in [2.24, 2.45) is 0 Å². The maximum absolute atomic E-state index is 11.0. The second-order valence-corrected chi connectivity index (χ2v) is 7.48. The Balaban J connectivity index is 1.39. The van der Waals surface area contributed by atoms with Gasteiger partial charge < -0.3 is 20.1 Å². The van der Waals surface area contributed by atoms with Gasteiger partial charge in [-0.25, -0.2) is 0 Å². The molecule has 0 aliphatic carbocycles. The number of carbonyl (C=O) groups excluding carboxylic acids is 1. The van der Waals surface area contributed by atoms with Crippen LogP contribution in [0.15, 0.2) is 48.5 Å². The summed E-state index contributed by atoms with van der Waals surface area (Å²) in [7, 11) is 0. The van der Waals surface area contributed by atoms with Crippen molar-refractivity contribution in [3.63, 3.8) is 0 Å². The first-order valence-corrected chi connectivity index (χ1v) is 10.3. The van der Waals surface area contributed by atoms with Crippen molar-refractivity contribution in [1.29, 1.82) is 0 Å². The van der Waals surface area contributed by atoms with Gasteiger partial charge in [-0.2, -0.15) is 0 Å². The number of hydrogen-bond donors (Lipinski definition) is 2. The lowest BCUT2D eigenvalue weighted by Gasteiger charge is -2.37. The smallest absolute Gasteiger partial charge is 0.221 e. The number of aryl methyl sites for hydroxylation is 1. The maximum Gasteiger partial charge on any atom is 0.221 e. The second kappa shape index (κ2) is 10.3. The van der Waals surface area contributed by atoms with Crippen LogP contribution in [-0.4, -0.2) is 61.3 Å². The van der Waals surface area contributed by atoms with Gasteiger partial charge in [-0.1, -0.05) is 19.1 Å². The Labute approximate surface area is 173 Å². The fourth-order valence-electron chi connectivity index (χ4n) is 3.51. The Morgan fingerprint density at radius 3 is 2.31 bits per heavy atom. The van der Waals surface area contributed by atoms with E-state index in [0.29, 0.717) is 12.3 Å². The Bertz CT molecular complexity index is 769. The predicted molar refractivity (Wildman–Crippen MR) is 117 cm³/mol. The highest BCUT2D eigenvalue weighted by molar-refractivity contribution is 5.88. The molecule has 29 heavy (non-hydrogen) atoms. The van der Waals surface area contributed by atoms with Crippen LogP contribution in [0.1, 0.15) is 19.4 Å². The SMILES string of the molecule is CCc1ccc(N2CCN(C[C@H](O)COc3ccc(NC(C)=O)cc3)CC2)cc1. The normalized spacial score (nSPS) is 15.8. The molecule has 1 saturated heterocycles. The van der Waals surface area contributed by atoms with Crippen molar-refractivity contribution in [3.8, 4) is 5.75 Å². The number of anilines is 2. The molecule has 1 amide bonds. The number of benzene rings is 2. The number of hydrogen-bond acceptors (Lipinski definition) is 5. The zero-order valence-electron chi connectivity index (χ0n) is 17.3. The van der Waals surface area contributed by atoms with Crippen LogP contribution in [0.3, 0.4) is 0 Å². The molecule has 2 N–H and O–H groups in total. The van der Waals surface area contributed by atoms with Crippen LogP contribution in [0.25, 0.3) is 0 Å². The average molecular weight is 398 g/mol. The third-order valence-electron chi connectivity index (χ3n) is 5.17. The van der Waals surface area contributed by atoms with E-state index in [9.17, 15) is 9.90 Å². The largest absolute Gasteiger partial charge is 0.491 e. The second-order valence-electron chi connectivity index (χ2n) is 7.48. The van der Waals surface area contributed by atoms with E-state index in [2.05, 4.69) is 46.3 Å². The summed E-state index contributed by atoms with van der Waals surface area (Å²) in [5.74, 6) is 0.575. The summed E-state index contributed by atoms with van der Waals surface area (Å²) >= 11 is 0. The molecule has 6 nitrogen and oxygen atoms in total. The molecule has 156 valence electrons. The van der Waals surface area contributed by atoms with Crippen molar-refractivity contribution >= 4 is 17.3 Å². The molecule has 0 unspecified atom stereocenters. The highest BCUT2D eigenvalue weighted by Gasteiger charge is 2.19. The van der Waals surface area contributed by atoms with Crippen LogP contribution in [0.5, 0.6) is 5.75 Å². The molecule has 1 fully saturated rings. The van der Waals surface area contributed by atoms with Gasteiger partial charge in [0.15, 0.2) is 0 Å². The number of carbonyl (C=O) groups is 1. The molecule has 2 aromatic rings. The minimum Gasteiger partial charge on any atom is -0.491 e. The summed E-state index contributed by atoms with van der Waals surface area (Å²) in [6.07, 6.45) is 0.522. The summed E-state index contributed by atoms with van der Waals surface area (Å²) in [5.41, 5.74) is 3.36. The highest BCUT2D eigenvalue weighted by Crippen LogP contribution is 2.18. The van der Waals surface area contributed by atoms with Gasteiger partial charge in [0, 0.05) is 51.0 Å². The molecule has 1 heterocycles. The average Bonchev–Trinajstić information content (AvgIpc) is 2.73. The first-order chi connectivity index (χ1) is 14.0. The minimum absolute atomic E-state index is 0.104. The van der Waals surface area contributed by atoms with Gasteiger partial charge in [-0.05, 0) is 48.4 Å². The number of nitrogens with zero attached hydrogens (tertiary/aromatic N) is 2. The van der Waals surface area contributed by atoms with Crippen molar-refractivity contribution in [3.05, 3.63) is 54.1 Å². The first kappa shape index (κ1) is 21.1. The summed E-state index contributed by atoms with van der Waals surface area (Å²) in [5, 5.41) is 13.1. The van der Waals surface area contributed by atoms with E-state index in [0.717, 1.165) is 38.3 Å². The van der Waals surface area contributed by atoms with Gasteiger partial charge in [0.05, 0.1) is 0 Å². The minimum atomic E-state index is -0.541. The monoisotopic (exact) mass is 397 g/mol. The van der Waals surface area contributed by atoms with E-state index < -0.39 is 6.10 Å². The number of aliphatic hydroxyl groups excluding tert-OH is 1. The number of piperazine rings is 1. The van der Waals surface area contributed by atoms with Crippen LogP contribution in [0.2, 0.25) is 0 Å². The third kappa shape index (κ3) is 6.48. The van der Waals surface area contributed by atoms with E-state index in [1.54, 1.807) is 24.3 Å². The van der Waals surface area contributed by atoms with Gasteiger partial charge in [0.2, 0.25) is 5.91 Å². The number of β-amino-alcohol motifs (C(OH)–C–C–N with tert-alkyl or cyclic N) is 1. The summed E-state index contributed by atoms with van der Waals surface area (Å²) in [6.45, 7) is 8.28. The Hall–Kier alpha value is -2.57. The van der Waals surface area contributed by atoms with Gasteiger partial charge >= 0.3 is 0 Å². The van der Waals surface area contributed by atoms with Crippen LogP contribution >= 0.6 is 0 Å². The van der Waals surface area contributed by atoms with Crippen LogP contribution in [-0.2, 0) is 11.2 Å². The molecule has 0 aromatic heterocycles. The lowest BCUT2D eigenvalue weighted by molar-refractivity contribution is -0.114. The third-order valence-corrected chi connectivity index (χ3v) is 5.17. The molecule has 0 bridgehead atoms. The molecule has 3 rings (SSSR count). The van der Waals surface area contributed by atoms with E-state index in [4.69, 9.17) is 4.74 Å². The molecular formula is C23H31N3O3. The van der Waals surface area contributed by atoms with E-state index in [-0.39, 0.29) is 12.5 Å². The van der Waals surface area contributed by atoms with Gasteiger partial charge in [0.25, 0.3) is 0 Å². The van der Waals surface area contributed by atoms with Gasteiger partial charge in [0.1, 0.15) is 18.5 Å². The zero-order valence-corrected chi connectivity index (χ0v) is 17.3. The number of nitrogens with one attached hydrogen (secondary N) is 1. The van der Waals surface area contributed by atoms with E-state index in [1.165, 1.54) is 18.2 Å². The molecule has 0 spiro atoms. The standard InChI is InChI=1S/C23H31N3O3/c1-3-19-4-8-21(9-5-19)26-14-12-25(13-15-26)16-22(28)17-29-23-10-6-20(7-11-23)24-18(2)27/h4-11,22,28H,3,12-17H2,1-2H3,(H,24,27)/t22-/m0/s1. The van der Waals surface area contributed by atoms with Crippen LogP contribution < -0.4 is 15.0 Å². The Kier molecular flexibility index (Phi) is 7.49. The first-order valence-electron chi connectivity index (χ1n) is 10.3. The Morgan fingerprint density at radius 1 is 1.07 bits per heavy atom. The topological polar surface area (TPSA) is 65.0 Å². The van der Waals surface area contributed by atoms with Crippen molar-refractivity contribution in [1.82, 2.24) is 4.90 Å². The lowest BCUT2D eigenvalue weighted by Crippen LogP contribution is -2.49. The van der Waals surface area contributed by atoms with Gasteiger partial charge in [-0.3, -0.25) is 9.69 Å². The predicted octanol–water partition coefficient (Wildman–Crippen LogP) is 2.77. The van der Waals surface area contributed by atoms with E-state index in [1.807, 2.05) is 0 Å². The van der Waals surface area contributed by atoms with E-state index >= 15 is 0 Å². The molecule has 0 saturated carbocycles. The molecule has 2 aromatic carbocycles. The number of aliphatic hydroxyl groups is 1.